The van der Waals surface area contributed by atoms with E-state index in [1.807, 2.05) is 0 Å². The van der Waals surface area contributed by atoms with Gasteiger partial charge >= 0.3 is 0 Å². The minimum absolute atomic E-state index is 0.755. The van der Waals surface area contributed by atoms with E-state index in [0.29, 0.717) is 0 Å². The molecule has 1 saturated carbocycles. The molecule has 10 heavy (non-hydrogen) atoms. The van der Waals surface area contributed by atoms with Crippen molar-refractivity contribution in [1.82, 2.24) is 5.32 Å². The first-order valence-corrected chi connectivity index (χ1v) is 4.26. The molecule has 0 bridgehead atoms. The molecule has 0 spiro atoms. The van der Waals surface area contributed by atoms with Crippen molar-refractivity contribution >= 4 is 0 Å². The minimum Gasteiger partial charge on any atom is -0.330 e. The van der Waals surface area contributed by atoms with Crippen molar-refractivity contribution in [2.45, 2.75) is 32.2 Å². The van der Waals surface area contributed by atoms with Crippen LogP contribution in [0.5, 0.6) is 0 Å². The normalized spacial score (nSPS) is 21.0. The number of hydrogen-bond donors (Lipinski definition) is 2. The van der Waals surface area contributed by atoms with Crippen molar-refractivity contribution in [1.29, 1.82) is 0 Å². The molecule has 1 atom stereocenters. The Morgan fingerprint density at radius 2 is 2.30 bits per heavy atom. The maximum atomic E-state index is 5.42. The summed E-state index contributed by atoms with van der Waals surface area (Å²) < 4.78 is 0. The fourth-order valence-electron chi connectivity index (χ4n) is 1.04. The van der Waals surface area contributed by atoms with Gasteiger partial charge in [0.1, 0.15) is 0 Å². The molecule has 1 fully saturated rings. The van der Waals surface area contributed by atoms with Crippen molar-refractivity contribution < 1.29 is 0 Å². The molecule has 60 valence electrons. The van der Waals surface area contributed by atoms with E-state index in [0.717, 1.165) is 31.5 Å². The Morgan fingerprint density at radius 3 is 2.80 bits per heavy atom. The van der Waals surface area contributed by atoms with E-state index < -0.39 is 0 Å². The lowest BCUT2D eigenvalue weighted by atomic mass is 10.1. The standard InChI is InChI=1S/C8H18N2/c1-7(4-5-9)6-10-8-2-3-8/h7-8,10H,2-6,9H2,1H3. The Morgan fingerprint density at radius 1 is 1.60 bits per heavy atom. The largest absolute Gasteiger partial charge is 0.330 e. The topological polar surface area (TPSA) is 38.0 Å². The van der Waals surface area contributed by atoms with Gasteiger partial charge in [0, 0.05) is 6.04 Å². The monoisotopic (exact) mass is 142 g/mol. The van der Waals surface area contributed by atoms with Crippen LogP contribution in [0.25, 0.3) is 0 Å². The molecule has 0 aromatic rings. The van der Waals surface area contributed by atoms with Gasteiger partial charge in [-0.1, -0.05) is 6.92 Å². The van der Waals surface area contributed by atoms with Crippen molar-refractivity contribution in [3.05, 3.63) is 0 Å². The van der Waals surface area contributed by atoms with Crippen LogP contribution < -0.4 is 11.1 Å². The molecule has 1 rings (SSSR count). The van der Waals surface area contributed by atoms with Gasteiger partial charge in [0.2, 0.25) is 0 Å². The Kier molecular flexibility index (Phi) is 3.16. The molecule has 0 heterocycles. The molecular weight excluding hydrogens is 124 g/mol. The predicted octanol–water partition coefficient (Wildman–Crippen LogP) is 0.723. The molecule has 0 saturated heterocycles. The number of rotatable bonds is 5. The van der Waals surface area contributed by atoms with E-state index >= 15 is 0 Å². The predicted molar refractivity (Wildman–Crippen MR) is 43.9 cm³/mol. The van der Waals surface area contributed by atoms with Gasteiger partial charge in [-0.2, -0.15) is 0 Å². The summed E-state index contributed by atoms with van der Waals surface area (Å²) >= 11 is 0. The summed E-state index contributed by atoms with van der Waals surface area (Å²) in [6, 6.07) is 0.847. The zero-order valence-electron chi connectivity index (χ0n) is 6.77. The van der Waals surface area contributed by atoms with Crippen molar-refractivity contribution in [2.24, 2.45) is 11.7 Å². The molecule has 0 radical (unpaired) electrons. The van der Waals surface area contributed by atoms with Crippen LogP contribution in [0.4, 0.5) is 0 Å². The molecule has 3 N–H and O–H groups in total. The Balaban J connectivity index is 1.89. The molecule has 1 unspecified atom stereocenters. The molecule has 1 aliphatic carbocycles. The Hall–Kier alpha value is -0.0800. The number of nitrogens with one attached hydrogen (secondary N) is 1. The maximum absolute atomic E-state index is 5.42. The first-order valence-electron chi connectivity index (χ1n) is 4.26. The van der Waals surface area contributed by atoms with Crippen molar-refractivity contribution in [3.8, 4) is 0 Å². The third kappa shape index (κ3) is 3.18. The SMILES string of the molecule is CC(CCN)CNC1CC1. The molecule has 0 aliphatic heterocycles. The van der Waals surface area contributed by atoms with E-state index in [-0.39, 0.29) is 0 Å². The third-order valence-corrected chi connectivity index (χ3v) is 1.99. The van der Waals surface area contributed by atoms with E-state index in [1.54, 1.807) is 0 Å². The van der Waals surface area contributed by atoms with Crippen LogP contribution >= 0.6 is 0 Å². The van der Waals surface area contributed by atoms with Gasteiger partial charge in [-0.25, -0.2) is 0 Å². The van der Waals surface area contributed by atoms with Crippen molar-refractivity contribution in [2.75, 3.05) is 13.1 Å². The summed E-state index contributed by atoms with van der Waals surface area (Å²) in [4.78, 5) is 0. The van der Waals surface area contributed by atoms with Gasteiger partial charge < -0.3 is 11.1 Å². The molecule has 0 aromatic carbocycles. The molecule has 2 nitrogen and oxygen atoms in total. The van der Waals surface area contributed by atoms with Crippen LogP contribution in [0.3, 0.4) is 0 Å². The quantitative estimate of drug-likeness (QED) is 0.593. The van der Waals surface area contributed by atoms with E-state index in [2.05, 4.69) is 12.2 Å². The van der Waals surface area contributed by atoms with Gasteiger partial charge in [0.25, 0.3) is 0 Å². The average molecular weight is 142 g/mol. The second-order valence-electron chi connectivity index (χ2n) is 3.37. The summed E-state index contributed by atoms with van der Waals surface area (Å²) in [7, 11) is 0. The zero-order chi connectivity index (χ0) is 7.40. The minimum atomic E-state index is 0.755. The van der Waals surface area contributed by atoms with Crippen LogP contribution in [0.15, 0.2) is 0 Å². The number of nitrogens with two attached hydrogens (primary N) is 1. The average Bonchev–Trinajstić information content (AvgIpc) is 2.67. The van der Waals surface area contributed by atoms with Gasteiger partial charge in [-0.05, 0) is 38.3 Å². The first-order chi connectivity index (χ1) is 4.83. The van der Waals surface area contributed by atoms with Gasteiger partial charge in [-0.3, -0.25) is 0 Å². The van der Waals surface area contributed by atoms with Gasteiger partial charge in [0.15, 0.2) is 0 Å². The molecule has 1 aliphatic rings. The van der Waals surface area contributed by atoms with Crippen LogP contribution in [0.1, 0.15) is 26.2 Å². The highest BCUT2D eigenvalue weighted by Gasteiger charge is 2.20. The molecule has 0 aromatic heterocycles. The maximum Gasteiger partial charge on any atom is 0.00683 e. The summed E-state index contributed by atoms with van der Waals surface area (Å²) in [6.07, 6.45) is 3.92. The smallest absolute Gasteiger partial charge is 0.00683 e. The molecule has 0 amide bonds. The molecule has 2 heteroatoms. The summed E-state index contributed by atoms with van der Waals surface area (Å²) in [6.45, 7) is 4.23. The fraction of sp³-hybridized carbons (Fsp3) is 1.00. The van der Waals surface area contributed by atoms with Crippen LogP contribution in [-0.4, -0.2) is 19.1 Å². The first kappa shape index (κ1) is 8.02. The van der Waals surface area contributed by atoms with Crippen LogP contribution in [0, 0.1) is 5.92 Å². The second kappa shape index (κ2) is 3.94. The van der Waals surface area contributed by atoms with Gasteiger partial charge in [0.05, 0.1) is 0 Å². The third-order valence-electron chi connectivity index (χ3n) is 1.99. The van der Waals surface area contributed by atoms with Crippen molar-refractivity contribution in [3.63, 3.8) is 0 Å². The lowest BCUT2D eigenvalue weighted by molar-refractivity contribution is 0.485. The Labute approximate surface area is 63.2 Å². The van der Waals surface area contributed by atoms with Gasteiger partial charge in [-0.15, -0.1) is 0 Å². The zero-order valence-corrected chi connectivity index (χ0v) is 6.77. The highest BCUT2D eigenvalue weighted by Crippen LogP contribution is 2.18. The second-order valence-corrected chi connectivity index (χ2v) is 3.37. The summed E-state index contributed by atoms with van der Waals surface area (Å²) in [5.41, 5.74) is 5.42. The Bertz CT molecular complexity index is 89.3. The molecular formula is C8H18N2. The summed E-state index contributed by atoms with van der Waals surface area (Å²) in [5, 5.41) is 3.49. The van der Waals surface area contributed by atoms with Crippen LogP contribution in [0.2, 0.25) is 0 Å². The lowest BCUT2D eigenvalue weighted by Crippen LogP contribution is -2.24. The lowest BCUT2D eigenvalue weighted by Gasteiger charge is -2.09. The van der Waals surface area contributed by atoms with E-state index in [4.69, 9.17) is 5.73 Å². The van der Waals surface area contributed by atoms with E-state index in [1.165, 1.54) is 12.8 Å². The summed E-state index contributed by atoms with van der Waals surface area (Å²) in [5.74, 6) is 0.755. The van der Waals surface area contributed by atoms with Crippen LogP contribution in [-0.2, 0) is 0 Å². The highest BCUT2D eigenvalue weighted by atomic mass is 14.9. The highest BCUT2D eigenvalue weighted by molar-refractivity contribution is 4.81. The number of hydrogen-bond acceptors (Lipinski definition) is 2. The van der Waals surface area contributed by atoms with E-state index in [9.17, 15) is 0 Å². The fourth-order valence-corrected chi connectivity index (χ4v) is 1.04.